The Balaban J connectivity index is 1.58. The molecule has 0 spiro atoms. The zero-order valence-electron chi connectivity index (χ0n) is 13.9. The first-order chi connectivity index (χ1) is 12.2. The molecule has 0 unspecified atom stereocenters. The standard InChI is InChI=1S/C17H19ClN4OS2/c1-2-20-7-9-21(10-8-20)11-22-17(24)23-16(19-22)15-14(18)12-5-3-4-6-13(12)25-15/h3-6H,2,7-11H2,1H3. The number of hydrogen-bond donors (Lipinski definition) is 0. The zero-order valence-corrected chi connectivity index (χ0v) is 16.3. The van der Waals surface area contributed by atoms with Crippen molar-refractivity contribution in [3.63, 3.8) is 0 Å². The van der Waals surface area contributed by atoms with Crippen molar-refractivity contribution >= 4 is 45.2 Å². The summed E-state index contributed by atoms with van der Waals surface area (Å²) in [5, 5.41) is 6.29. The molecular formula is C17H19ClN4OS2. The Morgan fingerprint density at radius 2 is 1.92 bits per heavy atom. The van der Waals surface area contributed by atoms with E-state index in [4.69, 9.17) is 28.2 Å². The smallest absolute Gasteiger partial charge is 0.288 e. The molecular weight excluding hydrogens is 376 g/mol. The van der Waals surface area contributed by atoms with Crippen LogP contribution in [-0.2, 0) is 6.67 Å². The number of fused-ring (bicyclic) bond motifs is 1. The van der Waals surface area contributed by atoms with Crippen molar-refractivity contribution in [3.05, 3.63) is 34.1 Å². The summed E-state index contributed by atoms with van der Waals surface area (Å²) in [7, 11) is 0. The Kier molecular flexibility index (Phi) is 4.92. The summed E-state index contributed by atoms with van der Waals surface area (Å²) in [5.41, 5.74) is 0. The third-order valence-electron chi connectivity index (χ3n) is 4.58. The second-order valence-corrected chi connectivity index (χ2v) is 7.89. The first-order valence-electron chi connectivity index (χ1n) is 8.35. The minimum Gasteiger partial charge on any atom is -0.408 e. The fourth-order valence-electron chi connectivity index (χ4n) is 3.08. The highest BCUT2D eigenvalue weighted by Gasteiger charge is 2.20. The summed E-state index contributed by atoms with van der Waals surface area (Å²) in [4.78, 5) is 6.02. The molecule has 3 heterocycles. The molecule has 1 aromatic carbocycles. The maximum atomic E-state index is 6.53. The van der Waals surface area contributed by atoms with E-state index in [1.807, 2.05) is 24.3 Å². The predicted molar refractivity (Wildman–Crippen MR) is 105 cm³/mol. The summed E-state index contributed by atoms with van der Waals surface area (Å²) < 4.78 is 8.63. The fraction of sp³-hybridized carbons (Fsp3) is 0.412. The third kappa shape index (κ3) is 3.39. The molecule has 0 atom stereocenters. The second-order valence-electron chi connectivity index (χ2n) is 6.11. The molecule has 1 fully saturated rings. The topological polar surface area (TPSA) is 37.4 Å². The van der Waals surface area contributed by atoms with E-state index in [0.717, 1.165) is 47.7 Å². The number of rotatable bonds is 4. The number of thiophene rings is 1. The molecule has 0 aliphatic carbocycles. The molecule has 1 aliphatic heterocycles. The average molecular weight is 395 g/mol. The number of aromatic nitrogens is 2. The summed E-state index contributed by atoms with van der Waals surface area (Å²) in [6.07, 6.45) is 0. The van der Waals surface area contributed by atoms with Gasteiger partial charge in [0.15, 0.2) is 0 Å². The molecule has 4 rings (SSSR count). The summed E-state index contributed by atoms with van der Waals surface area (Å²) >= 11 is 13.5. The van der Waals surface area contributed by atoms with Crippen LogP contribution in [0.2, 0.25) is 5.02 Å². The quantitative estimate of drug-likeness (QED) is 0.615. The number of hydrogen-bond acceptors (Lipinski definition) is 6. The lowest BCUT2D eigenvalue weighted by molar-refractivity contribution is 0.105. The lowest BCUT2D eigenvalue weighted by Crippen LogP contribution is -2.46. The van der Waals surface area contributed by atoms with Gasteiger partial charge in [-0.05, 0) is 24.8 Å². The van der Waals surface area contributed by atoms with Crippen LogP contribution in [0.25, 0.3) is 20.9 Å². The predicted octanol–water partition coefficient (Wildman–Crippen LogP) is 4.34. The van der Waals surface area contributed by atoms with Crippen LogP contribution in [0.5, 0.6) is 0 Å². The van der Waals surface area contributed by atoms with Crippen molar-refractivity contribution in [1.82, 2.24) is 19.6 Å². The van der Waals surface area contributed by atoms with Gasteiger partial charge in [-0.25, -0.2) is 4.68 Å². The van der Waals surface area contributed by atoms with Crippen molar-refractivity contribution in [3.8, 4) is 10.8 Å². The second kappa shape index (κ2) is 7.17. The SMILES string of the molecule is CCN1CCN(Cn2nc(-c3sc4ccccc4c3Cl)oc2=S)CC1. The Bertz CT molecular complexity index is 940. The molecule has 5 nitrogen and oxygen atoms in total. The van der Waals surface area contributed by atoms with Crippen LogP contribution in [0.1, 0.15) is 6.92 Å². The summed E-state index contributed by atoms with van der Waals surface area (Å²) in [6.45, 7) is 8.15. The highest BCUT2D eigenvalue weighted by atomic mass is 35.5. The molecule has 3 aromatic rings. The van der Waals surface area contributed by atoms with Crippen molar-refractivity contribution in [2.45, 2.75) is 13.6 Å². The Labute approximate surface area is 160 Å². The lowest BCUT2D eigenvalue weighted by atomic mass is 10.2. The normalized spacial score (nSPS) is 16.7. The maximum absolute atomic E-state index is 6.53. The van der Waals surface area contributed by atoms with Crippen LogP contribution in [0.15, 0.2) is 28.7 Å². The minimum absolute atomic E-state index is 0.390. The van der Waals surface area contributed by atoms with Crippen molar-refractivity contribution in [1.29, 1.82) is 0 Å². The Hall–Kier alpha value is -1.25. The van der Waals surface area contributed by atoms with E-state index < -0.39 is 0 Å². The van der Waals surface area contributed by atoms with Gasteiger partial charge >= 0.3 is 0 Å². The first kappa shape index (κ1) is 17.2. The highest BCUT2D eigenvalue weighted by molar-refractivity contribution is 7.71. The van der Waals surface area contributed by atoms with Crippen LogP contribution in [0.4, 0.5) is 0 Å². The largest absolute Gasteiger partial charge is 0.408 e. The minimum atomic E-state index is 0.390. The molecule has 0 saturated carbocycles. The molecule has 0 amide bonds. The number of benzene rings is 1. The summed E-state index contributed by atoms with van der Waals surface area (Å²) in [6, 6.07) is 8.04. The van der Waals surface area contributed by atoms with Crippen LogP contribution >= 0.6 is 35.2 Å². The van der Waals surface area contributed by atoms with Crippen molar-refractivity contribution in [2.75, 3.05) is 32.7 Å². The van der Waals surface area contributed by atoms with Gasteiger partial charge in [0, 0.05) is 36.3 Å². The van der Waals surface area contributed by atoms with Crippen LogP contribution in [0.3, 0.4) is 0 Å². The van der Waals surface area contributed by atoms with E-state index in [0.29, 0.717) is 22.4 Å². The van der Waals surface area contributed by atoms with E-state index in [1.165, 1.54) is 0 Å². The van der Waals surface area contributed by atoms with Crippen LogP contribution in [-0.4, -0.2) is 52.3 Å². The molecule has 25 heavy (non-hydrogen) atoms. The van der Waals surface area contributed by atoms with Crippen LogP contribution < -0.4 is 0 Å². The zero-order chi connectivity index (χ0) is 17.4. The van der Waals surface area contributed by atoms with E-state index in [2.05, 4.69) is 21.8 Å². The van der Waals surface area contributed by atoms with Gasteiger partial charge < -0.3 is 9.32 Å². The molecule has 1 aliphatic rings. The van der Waals surface area contributed by atoms with Crippen molar-refractivity contribution < 1.29 is 4.42 Å². The van der Waals surface area contributed by atoms with Gasteiger partial charge in [-0.1, -0.05) is 36.7 Å². The Morgan fingerprint density at radius 1 is 1.20 bits per heavy atom. The Morgan fingerprint density at radius 3 is 2.64 bits per heavy atom. The van der Waals surface area contributed by atoms with Gasteiger partial charge in [0.05, 0.1) is 11.7 Å². The van der Waals surface area contributed by atoms with E-state index in [-0.39, 0.29) is 0 Å². The van der Waals surface area contributed by atoms with E-state index in [1.54, 1.807) is 16.0 Å². The van der Waals surface area contributed by atoms with E-state index in [9.17, 15) is 0 Å². The number of nitrogens with zero attached hydrogens (tertiary/aromatic N) is 4. The number of likely N-dealkylation sites (N-methyl/N-ethyl adjacent to an activating group) is 1. The molecule has 0 N–H and O–H groups in total. The third-order valence-corrected chi connectivity index (χ3v) is 6.54. The molecule has 2 aromatic heterocycles. The van der Waals surface area contributed by atoms with Gasteiger partial charge in [0.25, 0.3) is 10.7 Å². The van der Waals surface area contributed by atoms with Gasteiger partial charge in [-0.15, -0.1) is 16.4 Å². The van der Waals surface area contributed by atoms with E-state index >= 15 is 0 Å². The maximum Gasteiger partial charge on any atom is 0.288 e. The molecule has 8 heteroatoms. The van der Waals surface area contributed by atoms with Gasteiger partial charge in [-0.3, -0.25) is 4.90 Å². The van der Waals surface area contributed by atoms with Crippen molar-refractivity contribution in [2.24, 2.45) is 0 Å². The lowest BCUT2D eigenvalue weighted by Gasteiger charge is -2.33. The number of piperazine rings is 1. The molecule has 0 radical (unpaired) electrons. The first-order valence-corrected chi connectivity index (χ1v) is 9.96. The van der Waals surface area contributed by atoms with Crippen LogP contribution in [0, 0.1) is 4.84 Å². The van der Waals surface area contributed by atoms with Gasteiger partial charge in [0.1, 0.15) is 4.88 Å². The average Bonchev–Trinajstić information content (AvgIpc) is 3.16. The highest BCUT2D eigenvalue weighted by Crippen LogP contribution is 2.41. The molecule has 0 bridgehead atoms. The number of halogens is 1. The summed E-state index contributed by atoms with van der Waals surface area (Å²) in [5.74, 6) is 0.503. The monoisotopic (exact) mass is 394 g/mol. The molecule has 1 saturated heterocycles. The van der Waals surface area contributed by atoms with Gasteiger partial charge in [-0.2, -0.15) is 0 Å². The fourth-order valence-corrected chi connectivity index (χ4v) is 4.69. The molecule has 132 valence electrons. The van der Waals surface area contributed by atoms with Gasteiger partial charge in [0.2, 0.25) is 0 Å².